The third-order valence-corrected chi connectivity index (χ3v) is 4.24. The van der Waals surface area contributed by atoms with Crippen molar-refractivity contribution in [2.24, 2.45) is 0 Å². The summed E-state index contributed by atoms with van der Waals surface area (Å²) < 4.78 is 13.5. The summed E-state index contributed by atoms with van der Waals surface area (Å²) in [5.74, 6) is -0.392. The van der Waals surface area contributed by atoms with Crippen molar-refractivity contribution in [3.8, 4) is 0 Å². The van der Waals surface area contributed by atoms with Crippen LogP contribution in [0, 0.1) is 5.82 Å². The zero-order chi connectivity index (χ0) is 13.9. The molecule has 3 rings (SSSR count). The predicted octanol–water partition coefficient (Wildman–Crippen LogP) is 2.53. The van der Waals surface area contributed by atoms with Crippen molar-refractivity contribution in [3.63, 3.8) is 0 Å². The molecule has 20 heavy (non-hydrogen) atoms. The average Bonchev–Trinajstić information content (AvgIpc) is 2.49. The Morgan fingerprint density at radius 2 is 2.05 bits per heavy atom. The van der Waals surface area contributed by atoms with Gasteiger partial charge < -0.3 is 10.2 Å². The molecule has 0 aromatic heterocycles. The van der Waals surface area contributed by atoms with Gasteiger partial charge in [0.1, 0.15) is 5.82 Å². The number of para-hydroxylation sites is 1. The number of benzene rings is 1. The van der Waals surface area contributed by atoms with E-state index in [1.165, 1.54) is 18.9 Å². The molecule has 1 N–H and O–H groups in total. The second-order valence-corrected chi connectivity index (χ2v) is 5.54. The predicted molar refractivity (Wildman–Crippen MR) is 76.2 cm³/mol. The standard InChI is InChI=1S/C15H20FN3O/c16-13-6-1-2-7-14(13)17-15(20)19-10-9-18-8-4-3-5-12(18)11-19/h1-2,6-7,12H,3-5,8-11H2,(H,17,20). The molecule has 2 saturated heterocycles. The summed E-state index contributed by atoms with van der Waals surface area (Å²) in [6.45, 7) is 3.54. The molecule has 1 aromatic carbocycles. The number of anilines is 1. The summed E-state index contributed by atoms with van der Waals surface area (Å²) in [4.78, 5) is 16.5. The molecule has 0 radical (unpaired) electrons. The smallest absolute Gasteiger partial charge is 0.322 e. The van der Waals surface area contributed by atoms with Crippen molar-refractivity contribution in [2.75, 3.05) is 31.5 Å². The number of hydrogen-bond acceptors (Lipinski definition) is 2. The lowest BCUT2D eigenvalue weighted by molar-refractivity contribution is 0.0678. The van der Waals surface area contributed by atoms with E-state index >= 15 is 0 Å². The number of nitrogens with zero attached hydrogens (tertiary/aromatic N) is 2. The molecule has 5 heteroatoms. The van der Waals surface area contributed by atoms with E-state index in [1.54, 1.807) is 23.1 Å². The summed E-state index contributed by atoms with van der Waals surface area (Å²) in [6.07, 6.45) is 3.66. The van der Waals surface area contributed by atoms with Crippen LogP contribution in [0.4, 0.5) is 14.9 Å². The molecule has 108 valence electrons. The number of fused-ring (bicyclic) bond motifs is 1. The van der Waals surface area contributed by atoms with E-state index in [9.17, 15) is 9.18 Å². The van der Waals surface area contributed by atoms with Gasteiger partial charge in [-0.3, -0.25) is 4.90 Å². The summed E-state index contributed by atoms with van der Waals surface area (Å²) in [5, 5.41) is 2.67. The van der Waals surface area contributed by atoms with Gasteiger partial charge in [0, 0.05) is 25.7 Å². The third kappa shape index (κ3) is 2.77. The zero-order valence-electron chi connectivity index (χ0n) is 11.5. The van der Waals surface area contributed by atoms with Crippen LogP contribution in [0.2, 0.25) is 0 Å². The fourth-order valence-electron chi connectivity index (χ4n) is 3.10. The minimum absolute atomic E-state index is 0.194. The van der Waals surface area contributed by atoms with Gasteiger partial charge in [-0.1, -0.05) is 18.6 Å². The molecule has 2 aliphatic heterocycles. The Morgan fingerprint density at radius 3 is 2.90 bits per heavy atom. The Balaban J connectivity index is 1.62. The highest BCUT2D eigenvalue weighted by atomic mass is 19.1. The number of hydrogen-bond donors (Lipinski definition) is 1. The summed E-state index contributed by atoms with van der Waals surface area (Å²) >= 11 is 0. The first-order chi connectivity index (χ1) is 9.74. The van der Waals surface area contributed by atoms with Gasteiger partial charge >= 0.3 is 6.03 Å². The lowest BCUT2D eigenvalue weighted by Gasteiger charge is -2.43. The summed E-state index contributed by atoms with van der Waals surface area (Å²) in [5.41, 5.74) is 0.253. The molecule has 0 saturated carbocycles. The fraction of sp³-hybridized carbons (Fsp3) is 0.533. The van der Waals surface area contributed by atoms with Crippen LogP contribution in [0.5, 0.6) is 0 Å². The van der Waals surface area contributed by atoms with Crippen LogP contribution in [-0.4, -0.2) is 48.1 Å². The number of piperidine rings is 1. The van der Waals surface area contributed by atoms with Crippen molar-refractivity contribution >= 4 is 11.7 Å². The van der Waals surface area contributed by atoms with Crippen molar-refractivity contribution in [1.29, 1.82) is 0 Å². The zero-order valence-corrected chi connectivity index (χ0v) is 11.5. The lowest BCUT2D eigenvalue weighted by atomic mass is 10.00. The van der Waals surface area contributed by atoms with Crippen LogP contribution in [0.1, 0.15) is 19.3 Å². The van der Waals surface area contributed by atoms with Gasteiger partial charge in [0.2, 0.25) is 0 Å². The maximum absolute atomic E-state index is 13.5. The van der Waals surface area contributed by atoms with Gasteiger partial charge in [0.05, 0.1) is 5.69 Å². The number of halogens is 1. The third-order valence-electron chi connectivity index (χ3n) is 4.24. The minimum atomic E-state index is -0.392. The highest BCUT2D eigenvalue weighted by Gasteiger charge is 2.31. The van der Waals surface area contributed by atoms with E-state index in [0.29, 0.717) is 6.04 Å². The number of carbonyl (C=O) groups is 1. The van der Waals surface area contributed by atoms with Gasteiger partial charge in [-0.05, 0) is 31.5 Å². The molecule has 0 bridgehead atoms. The van der Waals surface area contributed by atoms with Crippen molar-refractivity contribution in [2.45, 2.75) is 25.3 Å². The first-order valence-corrected chi connectivity index (χ1v) is 7.28. The number of urea groups is 1. The van der Waals surface area contributed by atoms with Gasteiger partial charge in [0.15, 0.2) is 0 Å². The Hall–Kier alpha value is -1.62. The maximum atomic E-state index is 13.5. The van der Waals surface area contributed by atoms with E-state index in [1.807, 2.05) is 0 Å². The molecular formula is C15H20FN3O. The van der Waals surface area contributed by atoms with Crippen LogP contribution < -0.4 is 5.32 Å². The second-order valence-electron chi connectivity index (χ2n) is 5.54. The molecule has 1 unspecified atom stereocenters. The molecule has 1 aromatic rings. The fourth-order valence-corrected chi connectivity index (χ4v) is 3.10. The number of nitrogens with one attached hydrogen (secondary N) is 1. The molecule has 0 spiro atoms. The molecule has 2 aliphatic rings. The van der Waals surface area contributed by atoms with Crippen LogP contribution in [-0.2, 0) is 0 Å². The first kappa shape index (κ1) is 13.4. The van der Waals surface area contributed by atoms with Crippen LogP contribution in [0.15, 0.2) is 24.3 Å². The van der Waals surface area contributed by atoms with Crippen molar-refractivity contribution in [3.05, 3.63) is 30.1 Å². The van der Waals surface area contributed by atoms with Gasteiger partial charge in [-0.25, -0.2) is 9.18 Å². The highest BCUT2D eigenvalue weighted by molar-refractivity contribution is 5.89. The summed E-state index contributed by atoms with van der Waals surface area (Å²) in [7, 11) is 0. The number of carbonyl (C=O) groups excluding carboxylic acids is 1. The number of amides is 2. The molecule has 2 amide bonds. The first-order valence-electron chi connectivity index (χ1n) is 7.28. The quantitative estimate of drug-likeness (QED) is 0.856. The average molecular weight is 277 g/mol. The van der Waals surface area contributed by atoms with Crippen LogP contribution >= 0.6 is 0 Å². The minimum Gasteiger partial charge on any atom is -0.322 e. The van der Waals surface area contributed by atoms with Gasteiger partial charge in [-0.2, -0.15) is 0 Å². The monoisotopic (exact) mass is 277 g/mol. The van der Waals surface area contributed by atoms with E-state index in [0.717, 1.165) is 32.6 Å². The Labute approximate surface area is 118 Å². The Kier molecular flexibility index (Phi) is 3.87. The van der Waals surface area contributed by atoms with E-state index in [4.69, 9.17) is 0 Å². The summed E-state index contributed by atoms with van der Waals surface area (Å²) in [6, 6.07) is 6.56. The van der Waals surface area contributed by atoms with Gasteiger partial charge in [0.25, 0.3) is 0 Å². The maximum Gasteiger partial charge on any atom is 0.322 e. The largest absolute Gasteiger partial charge is 0.322 e. The Bertz CT molecular complexity index is 494. The highest BCUT2D eigenvalue weighted by Crippen LogP contribution is 2.22. The van der Waals surface area contributed by atoms with Crippen molar-refractivity contribution in [1.82, 2.24) is 9.80 Å². The van der Waals surface area contributed by atoms with Crippen LogP contribution in [0.25, 0.3) is 0 Å². The molecule has 2 heterocycles. The van der Waals surface area contributed by atoms with E-state index in [-0.39, 0.29) is 11.7 Å². The SMILES string of the molecule is O=C(Nc1ccccc1F)N1CCN2CCCCC2C1. The van der Waals surface area contributed by atoms with Crippen LogP contribution in [0.3, 0.4) is 0 Å². The molecule has 2 fully saturated rings. The topological polar surface area (TPSA) is 35.6 Å². The molecular weight excluding hydrogens is 257 g/mol. The lowest BCUT2D eigenvalue weighted by Crippen LogP contribution is -2.56. The van der Waals surface area contributed by atoms with E-state index in [2.05, 4.69) is 10.2 Å². The van der Waals surface area contributed by atoms with Gasteiger partial charge in [-0.15, -0.1) is 0 Å². The van der Waals surface area contributed by atoms with E-state index < -0.39 is 5.82 Å². The number of piperazine rings is 1. The molecule has 4 nitrogen and oxygen atoms in total. The normalized spacial score (nSPS) is 23.2. The van der Waals surface area contributed by atoms with Crippen molar-refractivity contribution < 1.29 is 9.18 Å². The molecule has 1 atom stereocenters. The molecule has 0 aliphatic carbocycles. The second kappa shape index (κ2) is 5.79. The Morgan fingerprint density at radius 1 is 1.20 bits per heavy atom. The number of rotatable bonds is 1.